The third kappa shape index (κ3) is 107. The standard InChI is InChI=1S/3FH.Mg.H3N/h3*1H;;1H3/q;;;+2;/p-2. The molecule has 0 aromatic rings. The van der Waals surface area contributed by atoms with Gasteiger partial charge in [-0.3, -0.25) is 4.70 Å². The van der Waals surface area contributed by atoms with E-state index in [0.717, 1.165) is 0 Å². The smallest absolute Gasteiger partial charge is 1.00 e. The third-order valence-electron chi connectivity index (χ3n) is 0. The van der Waals surface area contributed by atoms with Crippen molar-refractivity contribution in [2.24, 2.45) is 0 Å². The Bertz CT molecular complexity index is 6.85. The zero-order valence-electron chi connectivity index (χ0n) is 2.58. The molecule has 0 fully saturated rings. The third-order valence-corrected chi connectivity index (χ3v) is 0. The number of halogens is 3. The van der Waals surface area contributed by atoms with Gasteiger partial charge in [-0.05, 0) is 0 Å². The van der Waals surface area contributed by atoms with E-state index in [1.165, 1.54) is 0 Å². The van der Waals surface area contributed by atoms with Crippen LogP contribution in [0.1, 0.15) is 0 Å². The van der Waals surface area contributed by atoms with Gasteiger partial charge in [-0.25, -0.2) is 0 Å². The Balaban J connectivity index is 0. The Hall–Kier alpha value is 0.516. The van der Waals surface area contributed by atoms with Gasteiger partial charge in [0.2, 0.25) is 0 Å². The van der Waals surface area contributed by atoms with E-state index >= 15 is 0 Å². The van der Waals surface area contributed by atoms with Crippen molar-refractivity contribution in [1.29, 1.82) is 0 Å². The second kappa shape index (κ2) is 210. The summed E-state index contributed by atoms with van der Waals surface area (Å²) in [6, 6.07) is 0. The van der Waals surface area contributed by atoms with E-state index in [1.54, 1.807) is 0 Å². The predicted molar refractivity (Wildman–Crippen MR) is 13.3 cm³/mol. The number of hydrogen-bond donors (Lipinski definition) is 1. The molecule has 0 radical (unpaired) electrons. The van der Waals surface area contributed by atoms with Gasteiger partial charge in [-0.1, -0.05) is 0 Å². The average Bonchev–Trinajstić information content (AvgIpc) is 0. The summed E-state index contributed by atoms with van der Waals surface area (Å²) in [5, 5.41) is 0. The van der Waals surface area contributed by atoms with Crippen molar-refractivity contribution in [2.45, 2.75) is 0 Å². The molecule has 5 heteroatoms. The molecule has 0 aliphatic heterocycles. The molecule has 0 bridgehead atoms. The Morgan fingerprint density at radius 3 is 0.800 bits per heavy atom. The first kappa shape index (κ1) is 422. The van der Waals surface area contributed by atoms with E-state index in [9.17, 15) is 0 Å². The van der Waals surface area contributed by atoms with E-state index < -0.39 is 0 Å². The SMILES string of the molecule is F.N.[F-].[F-].[Mg+2]. The molecule has 0 aromatic carbocycles. The van der Waals surface area contributed by atoms with Crippen molar-refractivity contribution < 1.29 is 14.1 Å². The van der Waals surface area contributed by atoms with E-state index in [4.69, 9.17) is 0 Å². The fourth-order valence-corrected chi connectivity index (χ4v) is 0. The van der Waals surface area contributed by atoms with Crippen LogP contribution in [-0.2, 0) is 0 Å². The molecule has 32 valence electrons. The Morgan fingerprint density at radius 2 is 0.800 bits per heavy atom. The second-order valence-corrected chi connectivity index (χ2v) is 0. The van der Waals surface area contributed by atoms with Gasteiger partial charge in [-0.2, -0.15) is 0 Å². The number of rotatable bonds is 0. The van der Waals surface area contributed by atoms with Gasteiger partial charge < -0.3 is 15.6 Å². The average molecular weight is 99.3 g/mol. The van der Waals surface area contributed by atoms with E-state index in [0.29, 0.717) is 0 Å². The summed E-state index contributed by atoms with van der Waals surface area (Å²) in [6.07, 6.45) is 0. The first-order valence-electron chi connectivity index (χ1n) is 0. The van der Waals surface area contributed by atoms with Crippen LogP contribution >= 0.6 is 0 Å². The van der Waals surface area contributed by atoms with Crippen LogP contribution in [0.25, 0.3) is 0 Å². The number of hydrogen-bond acceptors (Lipinski definition) is 1. The molecule has 3 N–H and O–H groups in total. The zero-order valence-corrected chi connectivity index (χ0v) is 3.99. The van der Waals surface area contributed by atoms with Crippen LogP contribution in [-0.4, -0.2) is 23.1 Å². The van der Waals surface area contributed by atoms with Crippen molar-refractivity contribution in [3.63, 3.8) is 0 Å². The summed E-state index contributed by atoms with van der Waals surface area (Å²) in [6.45, 7) is 0. The maximum Gasteiger partial charge on any atom is 2.00 e. The Morgan fingerprint density at radius 1 is 0.800 bits per heavy atom. The van der Waals surface area contributed by atoms with Gasteiger partial charge >= 0.3 is 23.1 Å². The minimum absolute atomic E-state index is 0. The van der Waals surface area contributed by atoms with Crippen LogP contribution in [0.15, 0.2) is 0 Å². The molecule has 0 aliphatic rings. The van der Waals surface area contributed by atoms with Gasteiger partial charge in [0.1, 0.15) is 0 Å². The molecule has 0 rings (SSSR count). The summed E-state index contributed by atoms with van der Waals surface area (Å²) >= 11 is 0. The first-order chi connectivity index (χ1) is 0. The fraction of sp³-hybridized carbons (Fsp3) is 0. The predicted octanol–water partition coefficient (Wildman–Crippen LogP) is -6.06. The van der Waals surface area contributed by atoms with Gasteiger partial charge in [-0.15, -0.1) is 0 Å². The molecule has 0 saturated carbocycles. The van der Waals surface area contributed by atoms with Gasteiger partial charge in [0, 0.05) is 0 Å². The molecule has 0 amide bonds. The van der Waals surface area contributed by atoms with Crippen LogP contribution in [0.5, 0.6) is 0 Å². The van der Waals surface area contributed by atoms with Crippen LogP contribution in [0.4, 0.5) is 4.70 Å². The van der Waals surface area contributed by atoms with Crippen molar-refractivity contribution in [3.05, 3.63) is 0 Å². The first-order valence-corrected chi connectivity index (χ1v) is 0. The summed E-state index contributed by atoms with van der Waals surface area (Å²) in [5.74, 6) is 0. The van der Waals surface area contributed by atoms with Crippen molar-refractivity contribution in [1.82, 2.24) is 6.15 Å². The molecule has 0 aliphatic carbocycles. The maximum atomic E-state index is 0. The summed E-state index contributed by atoms with van der Waals surface area (Å²) < 4.78 is 0. The van der Waals surface area contributed by atoms with Crippen molar-refractivity contribution >= 4 is 23.1 Å². The normalized spacial score (nSPS) is 0. The second-order valence-electron chi connectivity index (χ2n) is 0. The monoisotopic (exact) mass is 99.0 g/mol. The maximum absolute atomic E-state index is 0. The zero-order chi connectivity index (χ0) is 0. The summed E-state index contributed by atoms with van der Waals surface area (Å²) in [5.41, 5.74) is 0. The molecule has 0 unspecified atom stereocenters. The molecule has 0 spiro atoms. The minimum Gasteiger partial charge on any atom is -1.00 e. The van der Waals surface area contributed by atoms with E-state index in [-0.39, 0.29) is 43.3 Å². The molecular weight excluding hydrogens is 95.3 g/mol. The topological polar surface area (TPSA) is 35.0 Å². The summed E-state index contributed by atoms with van der Waals surface area (Å²) in [7, 11) is 0. The Kier molecular flexibility index (Phi) is 17700. The molecule has 0 aromatic heterocycles. The van der Waals surface area contributed by atoms with E-state index in [1.807, 2.05) is 0 Å². The van der Waals surface area contributed by atoms with Gasteiger partial charge in [0.25, 0.3) is 0 Å². The Labute approximate surface area is 44.0 Å². The van der Waals surface area contributed by atoms with E-state index in [2.05, 4.69) is 0 Å². The molecule has 5 heavy (non-hydrogen) atoms. The van der Waals surface area contributed by atoms with Crippen LogP contribution in [0, 0.1) is 0 Å². The van der Waals surface area contributed by atoms with Gasteiger partial charge in [0.15, 0.2) is 0 Å². The molecule has 0 atom stereocenters. The quantitative estimate of drug-likeness (QED) is 0.302. The minimum atomic E-state index is 0. The van der Waals surface area contributed by atoms with Crippen LogP contribution < -0.4 is 15.6 Å². The van der Waals surface area contributed by atoms with Crippen LogP contribution in [0.3, 0.4) is 0 Å². The van der Waals surface area contributed by atoms with Crippen LogP contribution in [0.2, 0.25) is 0 Å². The largest absolute Gasteiger partial charge is 2.00 e. The summed E-state index contributed by atoms with van der Waals surface area (Å²) in [4.78, 5) is 0. The van der Waals surface area contributed by atoms with Crippen molar-refractivity contribution in [2.75, 3.05) is 0 Å². The molecule has 1 nitrogen and oxygen atoms in total. The molecule has 0 heterocycles. The molecular formula is H4F3MgN. The van der Waals surface area contributed by atoms with Crippen molar-refractivity contribution in [3.8, 4) is 0 Å². The fourth-order valence-electron chi connectivity index (χ4n) is 0. The molecule has 0 saturated heterocycles. The van der Waals surface area contributed by atoms with Gasteiger partial charge in [0.05, 0.1) is 0 Å².